The molecule has 1 saturated carbocycles. The van der Waals surface area contributed by atoms with Crippen molar-refractivity contribution in [2.75, 3.05) is 7.11 Å². The standard InChI is InChI=1S/C22H26N2O2/c1-15-17(11-16-7-6-10-19(12-16)26-2)13-20-21(23-15)14-24(22(20)25)18-8-4-3-5-9-18/h6-7,10,12-13,18H,3-5,8-9,11,14H2,1-2H3. The van der Waals surface area contributed by atoms with Crippen molar-refractivity contribution in [2.24, 2.45) is 0 Å². The number of amides is 1. The number of aryl methyl sites for hydroxylation is 1. The van der Waals surface area contributed by atoms with Crippen LogP contribution < -0.4 is 4.74 Å². The molecule has 4 nitrogen and oxygen atoms in total. The first kappa shape index (κ1) is 17.1. The molecule has 2 aromatic rings. The lowest BCUT2D eigenvalue weighted by Crippen LogP contribution is -2.36. The number of hydrogen-bond acceptors (Lipinski definition) is 3. The number of fused-ring (bicyclic) bond motifs is 1. The molecule has 0 spiro atoms. The average Bonchev–Trinajstić information content (AvgIpc) is 2.99. The van der Waals surface area contributed by atoms with E-state index in [9.17, 15) is 4.79 Å². The van der Waals surface area contributed by atoms with E-state index in [1.54, 1.807) is 7.11 Å². The fraction of sp³-hybridized carbons (Fsp3) is 0.455. The highest BCUT2D eigenvalue weighted by Crippen LogP contribution is 2.31. The van der Waals surface area contributed by atoms with Crippen LogP contribution in [-0.4, -0.2) is 28.9 Å². The van der Waals surface area contributed by atoms with Gasteiger partial charge in [0, 0.05) is 11.7 Å². The van der Waals surface area contributed by atoms with Gasteiger partial charge in [0.25, 0.3) is 5.91 Å². The van der Waals surface area contributed by atoms with E-state index in [0.717, 1.165) is 47.5 Å². The molecule has 4 rings (SSSR count). The molecule has 1 aromatic carbocycles. The van der Waals surface area contributed by atoms with E-state index in [-0.39, 0.29) is 5.91 Å². The number of benzene rings is 1. The molecular formula is C22H26N2O2. The molecule has 136 valence electrons. The van der Waals surface area contributed by atoms with Crippen molar-refractivity contribution in [1.82, 2.24) is 9.88 Å². The van der Waals surface area contributed by atoms with Crippen LogP contribution in [0.25, 0.3) is 0 Å². The minimum atomic E-state index is 0.172. The second kappa shape index (κ2) is 7.10. The second-order valence-corrected chi connectivity index (χ2v) is 7.48. The Labute approximate surface area is 155 Å². The van der Waals surface area contributed by atoms with Crippen LogP contribution in [0.5, 0.6) is 5.75 Å². The highest BCUT2D eigenvalue weighted by atomic mass is 16.5. The molecule has 1 aliphatic heterocycles. The molecule has 0 bridgehead atoms. The summed E-state index contributed by atoms with van der Waals surface area (Å²) in [5.41, 5.74) is 5.07. The number of aromatic nitrogens is 1. The first-order valence-electron chi connectivity index (χ1n) is 9.59. The fourth-order valence-corrected chi connectivity index (χ4v) is 4.26. The van der Waals surface area contributed by atoms with Crippen LogP contribution in [0.1, 0.15) is 65.0 Å². The van der Waals surface area contributed by atoms with Crippen molar-refractivity contribution >= 4 is 5.91 Å². The Morgan fingerprint density at radius 2 is 2.00 bits per heavy atom. The smallest absolute Gasteiger partial charge is 0.256 e. The van der Waals surface area contributed by atoms with Gasteiger partial charge in [-0.15, -0.1) is 0 Å². The van der Waals surface area contributed by atoms with E-state index in [4.69, 9.17) is 9.72 Å². The molecule has 26 heavy (non-hydrogen) atoms. The Morgan fingerprint density at radius 1 is 1.19 bits per heavy atom. The third kappa shape index (κ3) is 3.20. The minimum absolute atomic E-state index is 0.172. The van der Waals surface area contributed by atoms with Crippen LogP contribution in [0.3, 0.4) is 0 Å². The van der Waals surface area contributed by atoms with Crippen LogP contribution >= 0.6 is 0 Å². The maximum Gasteiger partial charge on any atom is 0.256 e. The van der Waals surface area contributed by atoms with E-state index in [0.29, 0.717) is 12.6 Å². The van der Waals surface area contributed by atoms with Gasteiger partial charge in [-0.05, 0) is 55.5 Å². The number of methoxy groups -OCH3 is 1. The van der Waals surface area contributed by atoms with Gasteiger partial charge in [0.05, 0.1) is 24.9 Å². The molecule has 0 saturated heterocycles. The highest BCUT2D eigenvalue weighted by molar-refractivity contribution is 5.98. The molecule has 1 aliphatic carbocycles. The summed E-state index contributed by atoms with van der Waals surface area (Å²) >= 11 is 0. The summed E-state index contributed by atoms with van der Waals surface area (Å²) in [5, 5.41) is 0. The Morgan fingerprint density at radius 3 is 2.77 bits per heavy atom. The summed E-state index contributed by atoms with van der Waals surface area (Å²) in [6.45, 7) is 2.72. The van der Waals surface area contributed by atoms with Crippen LogP contribution in [0.4, 0.5) is 0 Å². The Bertz CT molecular complexity index is 825. The summed E-state index contributed by atoms with van der Waals surface area (Å²) in [4.78, 5) is 19.8. The Kier molecular flexibility index (Phi) is 4.66. The van der Waals surface area contributed by atoms with Gasteiger partial charge in [0.2, 0.25) is 0 Å². The third-order valence-corrected chi connectivity index (χ3v) is 5.75. The predicted octanol–water partition coefficient (Wildman–Crippen LogP) is 4.28. The van der Waals surface area contributed by atoms with Crippen molar-refractivity contribution < 1.29 is 9.53 Å². The zero-order valence-corrected chi connectivity index (χ0v) is 15.6. The Balaban J connectivity index is 1.59. The average molecular weight is 350 g/mol. The molecule has 2 aliphatic rings. The van der Waals surface area contributed by atoms with E-state index in [1.165, 1.54) is 24.8 Å². The Hall–Kier alpha value is -2.36. The molecule has 1 fully saturated rings. The van der Waals surface area contributed by atoms with E-state index < -0.39 is 0 Å². The monoisotopic (exact) mass is 350 g/mol. The molecule has 1 amide bonds. The zero-order chi connectivity index (χ0) is 18.1. The maximum absolute atomic E-state index is 13.0. The lowest BCUT2D eigenvalue weighted by molar-refractivity contribution is 0.0659. The van der Waals surface area contributed by atoms with Gasteiger partial charge in [-0.3, -0.25) is 9.78 Å². The number of pyridine rings is 1. The first-order chi connectivity index (χ1) is 12.7. The number of nitrogens with zero attached hydrogens (tertiary/aromatic N) is 2. The van der Waals surface area contributed by atoms with Crippen molar-refractivity contribution in [3.8, 4) is 5.75 Å². The quantitative estimate of drug-likeness (QED) is 0.827. The number of ether oxygens (including phenoxy) is 1. The minimum Gasteiger partial charge on any atom is -0.497 e. The van der Waals surface area contributed by atoms with Crippen LogP contribution in [0.15, 0.2) is 30.3 Å². The van der Waals surface area contributed by atoms with Gasteiger partial charge in [0.1, 0.15) is 5.75 Å². The molecule has 0 atom stereocenters. The molecule has 2 heterocycles. The van der Waals surface area contributed by atoms with Crippen molar-refractivity contribution in [1.29, 1.82) is 0 Å². The van der Waals surface area contributed by atoms with E-state index >= 15 is 0 Å². The molecule has 0 radical (unpaired) electrons. The third-order valence-electron chi connectivity index (χ3n) is 5.75. The predicted molar refractivity (Wildman–Crippen MR) is 102 cm³/mol. The largest absolute Gasteiger partial charge is 0.497 e. The molecule has 1 aromatic heterocycles. The van der Waals surface area contributed by atoms with Gasteiger partial charge in [-0.1, -0.05) is 31.4 Å². The lowest BCUT2D eigenvalue weighted by atomic mass is 9.94. The van der Waals surface area contributed by atoms with E-state index in [1.807, 2.05) is 25.1 Å². The van der Waals surface area contributed by atoms with Crippen LogP contribution in [0.2, 0.25) is 0 Å². The topological polar surface area (TPSA) is 42.4 Å². The SMILES string of the molecule is COc1cccc(Cc2cc3c(nc2C)CN(C2CCCCC2)C3=O)c1. The van der Waals surface area contributed by atoms with Crippen molar-refractivity contribution in [3.63, 3.8) is 0 Å². The van der Waals surface area contributed by atoms with Gasteiger partial charge < -0.3 is 9.64 Å². The second-order valence-electron chi connectivity index (χ2n) is 7.48. The molecule has 0 N–H and O–H groups in total. The number of rotatable bonds is 4. The number of hydrogen-bond donors (Lipinski definition) is 0. The van der Waals surface area contributed by atoms with Crippen LogP contribution in [0, 0.1) is 6.92 Å². The first-order valence-corrected chi connectivity index (χ1v) is 9.59. The highest BCUT2D eigenvalue weighted by Gasteiger charge is 2.34. The zero-order valence-electron chi connectivity index (χ0n) is 15.6. The molecule has 0 unspecified atom stereocenters. The number of carbonyl (C=O) groups is 1. The van der Waals surface area contributed by atoms with Gasteiger partial charge >= 0.3 is 0 Å². The van der Waals surface area contributed by atoms with Crippen LogP contribution in [-0.2, 0) is 13.0 Å². The van der Waals surface area contributed by atoms with E-state index in [2.05, 4.69) is 17.0 Å². The lowest BCUT2D eigenvalue weighted by Gasteiger charge is -2.30. The molecular weight excluding hydrogens is 324 g/mol. The van der Waals surface area contributed by atoms with Gasteiger partial charge in [0.15, 0.2) is 0 Å². The summed E-state index contributed by atoms with van der Waals surface area (Å²) in [7, 11) is 1.68. The maximum atomic E-state index is 13.0. The molecule has 4 heteroatoms. The summed E-state index contributed by atoms with van der Waals surface area (Å²) in [5.74, 6) is 1.03. The summed E-state index contributed by atoms with van der Waals surface area (Å²) < 4.78 is 5.32. The van der Waals surface area contributed by atoms with Crippen molar-refractivity contribution in [3.05, 3.63) is 58.4 Å². The van der Waals surface area contributed by atoms with Crippen molar-refractivity contribution in [2.45, 2.75) is 58.0 Å². The summed E-state index contributed by atoms with van der Waals surface area (Å²) in [6, 6.07) is 10.5. The fourth-order valence-electron chi connectivity index (χ4n) is 4.26. The van der Waals surface area contributed by atoms with Gasteiger partial charge in [-0.2, -0.15) is 0 Å². The van der Waals surface area contributed by atoms with Gasteiger partial charge in [-0.25, -0.2) is 0 Å². The summed E-state index contributed by atoms with van der Waals surface area (Å²) in [6.07, 6.45) is 6.80. The normalized spacial score (nSPS) is 17.5. The number of carbonyl (C=O) groups excluding carboxylic acids is 1.